The van der Waals surface area contributed by atoms with Gasteiger partial charge in [-0.05, 0) is 44.0 Å². The third-order valence-corrected chi connectivity index (χ3v) is 5.14. The molecule has 0 saturated heterocycles. The van der Waals surface area contributed by atoms with Crippen molar-refractivity contribution in [2.75, 3.05) is 0 Å². The molecule has 0 aliphatic carbocycles. The number of non-ortho nitro benzene ring substituents is 1. The largest absolute Gasteiger partial charge is 0.483 e. The first kappa shape index (κ1) is 16.3. The van der Waals surface area contributed by atoms with Crippen LogP contribution in [0, 0.1) is 10.1 Å². The monoisotopic (exact) mass is 350 g/mol. The van der Waals surface area contributed by atoms with Gasteiger partial charge in [0, 0.05) is 23.3 Å². The first-order valence-corrected chi connectivity index (χ1v) is 8.38. The smallest absolute Gasteiger partial charge is 0.270 e. The zero-order valence-corrected chi connectivity index (χ0v) is 14.8. The Morgan fingerprint density at radius 2 is 1.88 bits per heavy atom. The van der Waals surface area contributed by atoms with E-state index in [1.165, 1.54) is 12.1 Å². The summed E-state index contributed by atoms with van der Waals surface area (Å²) in [4.78, 5) is 25.5. The molecule has 132 valence electrons. The van der Waals surface area contributed by atoms with Crippen molar-refractivity contribution in [2.24, 2.45) is 0 Å². The highest BCUT2D eigenvalue weighted by atomic mass is 16.6. The maximum absolute atomic E-state index is 13.0. The Morgan fingerprint density at radius 1 is 1.15 bits per heavy atom. The fourth-order valence-electron chi connectivity index (χ4n) is 3.53. The number of rotatable bonds is 2. The molecule has 2 aromatic rings. The van der Waals surface area contributed by atoms with Crippen LogP contribution in [0.3, 0.4) is 0 Å². The molecule has 0 atom stereocenters. The number of hydrogen-bond acceptors (Lipinski definition) is 4. The average Bonchev–Trinajstić information content (AvgIpc) is 2.92. The maximum Gasteiger partial charge on any atom is 0.270 e. The van der Waals surface area contributed by atoms with Gasteiger partial charge in [0.1, 0.15) is 11.4 Å². The molecule has 0 radical (unpaired) electrons. The number of amides is 1. The molecule has 2 heterocycles. The number of fused-ring (bicyclic) bond motifs is 2. The second kappa shape index (κ2) is 5.42. The predicted molar refractivity (Wildman–Crippen MR) is 96.7 cm³/mol. The number of ether oxygens (including phenoxy) is 1. The van der Waals surface area contributed by atoms with Gasteiger partial charge in [-0.1, -0.05) is 18.2 Å². The van der Waals surface area contributed by atoms with Gasteiger partial charge in [0.05, 0.1) is 17.2 Å². The third kappa shape index (κ3) is 2.29. The van der Waals surface area contributed by atoms with Crippen LogP contribution in [0.15, 0.2) is 48.0 Å². The number of carbonyl (C=O) groups excluding carboxylic acids is 1. The predicted octanol–water partition coefficient (Wildman–Crippen LogP) is 4.15. The molecule has 0 fully saturated rings. The molecule has 6 nitrogen and oxygen atoms in total. The first-order chi connectivity index (χ1) is 12.3. The number of carbonyl (C=O) groups is 1. The number of nitro groups is 1. The Balaban J connectivity index is 1.91. The summed E-state index contributed by atoms with van der Waals surface area (Å²) in [6.07, 6.45) is 0. The highest BCUT2D eigenvalue weighted by Crippen LogP contribution is 2.45. The molecule has 26 heavy (non-hydrogen) atoms. The lowest BCUT2D eigenvalue weighted by molar-refractivity contribution is -0.384. The van der Waals surface area contributed by atoms with Gasteiger partial charge in [0.2, 0.25) is 0 Å². The van der Waals surface area contributed by atoms with Crippen molar-refractivity contribution in [1.29, 1.82) is 0 Å². The lowest BCUT2D eigenvalue weighted by Gasteiger charge is -2.38. The van der Waals surface area contributed by atoms with Crippen molar-refractivity contribution >= 4 is 17.3 Å². The Kier molecular flexibility index (Phi) is 3.41. The molecule has 2 aliphatic rings. The normalized spacial score (nSPS) is 17.7. The van der Waals surface area contributed by atoms with Crippen LogP contribution in [-0.4, -0.2) is 21.3 Å². The quantitative estimate of drug-likeness (QED) is 0.602. The standard InChI is InChI=1S/C20H18N2O4/c1-12-18(21-11-13-6-4-5-7-15(13)19(21)23)16-10-14(22(24)25)8-9-17(16)26-20(12,2)3/h4-10H,11H2,1-3H3. The van der Waals surface area contributed by atoms with Crippen molar-refractivity contribution in [3.8, 4) is 5.75 Å². The summed E-state index contributed by atoms with van der Waals surface area (Å²) in [6, 6.07) is 12.0. The molecule has 2 aliphatic heterocycles. The maximum atomic E-state index is 13.0. The second-order valence-corrected chi connectivity index (χ2v) is 7.07. The van der Waals surface area contributed by atoms with E-state index >= 15 is 0 Å². The Hall–Kier alpha value is -3.15. The molecule has 0 spiro atoms. The fourth-order valence-corrected chi connectivity index (χ4v) is 3.53. The summed E-state index contributed by atoms with van der Waals surface area (Å²) >= 11 is 0. The molecule has 0 unspecified atom stereocenters. The van der Waals surface area contributed by atoms with E-state index in [9.17, 15) is 14.9 Å². The minimum atomic E-state index is -0.618. The van der Waals surface area contributed by atoms with E-state index in [4.69, 9.17) is 4.74 Å². The summed E-state index contributed by atoms with van der Waals surface area (Å²) in [5.41, 5.74) is 3.12. The minimum absolute atomic E-state index is 0.0264. The minimum Gasteiger partial charge on any atom is -0.483 e. The number of hydrogen-bond donors (Lipinski definition) is 0. The van der Waals surface area contributed by atoms with Crippen molar-refractivity contribution < 1.29 is 14.5 Å². The topological polar surface area (TPSA) is 72.7 Å². The van der Waals surface area contributed by atoms with E-state index in [1.54, 1.807) is 11.0 Å². The van der Waals surface area contributed by atoms with E-state index in [0.717, 1.165) is 11.1 Å². The van der Waals surface area contributed by atoms with Crippen molar-refractivity contribution in [2.45, 2.75) is 32.9 Å². The summed E-state index contributed by atoms with van der Waals surface area (Å²) in [5, 5.41) is 11.2. The summed E-state index contributed by atoms with van der Waals surface area (Å²) in [6.45, 7) is 6.22. The van der Waals surface area contributed by atoms with E-state index < -0.39 is 10.5 Å². The zero-order valence-electron chi connectivity index (χ0n) is 14.8. The van der Waals surface area contributed by atoms with Gasteiger partial charge < -0.3 is 9.64 Å². The third-order valence-electron chi connectivity index (χ3n) is 5.14. The van der Waals surface area contributed by atoms with Gasteiger partial charge in [0.25, 0.3) is 11.6 Å². The molecule has 0 saturated carbocycles. The number of nitro benzene ring substituents is 1. The molecule has 0 bridgehead atoms. The molecular weight excluding hydrogens is 332 g/mol. The molecule has 0 aromatic heterocycles. The van der Waals surface area contributed by atoms with E-state index in [-0.39, 0.29) is 11.6 Å². The molecule has 6 heteroatoms. The molecular formula is C20H18N2O4. The van der Waals surface area contributed by atoms with Crippen LogP contribution in [-0.2, 0) is 6.54 Å². The highest BCUT2D eigenvalue weighted by Gasteiger charge is 2.39. The fraction of sp³-hybridized carbons (Fsp3) is 0.250. The van der Waals surface area contributed by atoms with Gasteiger partial charge in [0.15, 0.2) is 0 Å². The van der Waals surface area contributed by atoms with Gasteiger partial charge in [-0.25, -0.2) is 0 Å². The van der Waals surface area contributed by atoms with E-state index in [1.807, 2.05) is 45.0 Å². The lowest BCUT2D eigenvalue weighted by atomic mass is 9.90. The van der Waals surface area contributed by atoms with Crippen molar-refractivity contribution in [1.82, 2.24) is 4.90 Å². The van der Waals surface area contributed by atoms with Crippen LogP contribution < -0.4 is 4.74 Å². The van der Waals surface area contributed by atoms with Crippen LogP contribution in [0.1, 0.15) is 42.3 Å². The van der Waals surface area contributed by atoms with Gasteiger partial charge >= 0.3 is 0 Å². The summed E-state index contributed by atoms with van der Waals surface area (Å²) in [7, 11) is 0. The average molecular weight is 350 g/mol. The Labute approximate surface area is 150 Å². The van der Waals surface area contributed by atoms with Crippen LogP contribution in [0.2, 0.25) is 0 Å². The van der Waals surface area contributed by atoms with Crippen LogP contribution >= 0.6 is 0 Å². The van der Waals surface area contributed by atoms with E-state index in [0.29, 0.717) is 29.1 Å². The van der Waals surface area contributed by atoms with E-state index in [2.05, 4.69) is 0 Å². The molecule has 2 aromatic carbocycles. The van der Waals surface area contributed by atoms with Gasteiger partial charge in [-0.15, -0.1) is 0 Å². The van der Waals surface area contributed by atoms with Gasteiger partial charge in [-0.2, -0.15) is 0 Å². The molecule has 4 rings (SSSR count). The van der Waals surface area contributed by atoms with Crippen LogP contribution in [0.5, 0.6) is 5.75 Å². The lowest BCUT2D eigenvalue weighted by Crippen LogP contribution is -2.37. The second-order valence-electron chi connectivity index (χ2n) is 7.07. The summed E-state index contributed by atoms with van der Waals surface area (Å²) < 4.78 is 6.05. The Bertz CT molecular complexity index is 991. The van der Waals surface area contributed by atoms with Crippen molar-refractivity contribution in [3.05, 3.63) is 74.8 Å². The number of benzene rings is 2. The van der Waals surface area contributed by atoms with Gasteiger partial charge in [-0.3, -0.25) is 14.9 Å². The SMILES string of the molecule is CC1=C(N2Cc3ccccc3C2=O)c2cc([N+](=O)[O-])ccc2OC1(C)C. The zero-order chi connectivity index (χ0) is 18.6. The van der Waals surface area contributed by atoms with Crippen molar-refractivity contribution in [3.63, 3.8) is 0 Å². The molecule has 1 amide bonds. The molecule has 0 N–H and O–H groups in total. The number of nitrogens with zero attached hydrogens (tertiary/aromatic N) is 2. The Morgan fingerprint density at radius 3 is 2.58 bits per heavy atom. The van der Waals surface area contributed by atoms with Crippen LogP contribution in [0.25, 0.3) is 5.70 Å². The van der Waals surface area contributed by atoms with Crippen LogP contribution in [0.4, 0.5) is 5.69 Å². The summed E-state index contributed by atoms with van der Waals surface area (Å²) in [5.74, 6) is 0.454. The first-order valence-electron chi connectivity index (χ1n) is 8.38. The highest BCUT2D eigenvalue weighted by molar-refractivity contribution is 6.04.